The van der Waals surface area contributed by atoms with E-state index < -0.39 is 11.9 Å². The van der Waals surface area contributed by atoms with Crippen LogP contribution in [0.1, 0.15) is 30.7 Å². The van der Waals surface area contributed by atoms with Crippen LogP contribution in [0.3, 0.4) is 0 Å². The number of hydrazine groups is 1. The summed E-state index contributed by atoms with van der Waals surface area (Å²) in [6, 6.07) is 1.31. The molecule has 0 aliphatic heterocycles. The first-order chi connectivity index (χ1) is 10.3. The van der Waals surface area contributed by atoms with Crippen LogP contribution in [0, 0.1) is 6.92 Å². The molecule has 0 unspecified atom stereocenters. The SMILES string of the molecule is Cc1cc(C(F)(F)F)nn1CCC(=O)NNC(=S)NC1CC1. The fraction of sp³-hybridized carbons (Fsp3) is 0.583. The highest BCUT2D eigenvalue weighted by Gasteiger charge is 2.34. The van der Waals surface area contributed by atoms with E-state index in [2.05, 4.69) is 21.3 Å². The predicted octanol–water partition coefficient (Wildman–Crippen LogP) is 1.26. The highest BCUT2D eigenvalue weighted by atomic mass is 32.1. The molecule has 0 radical (unpaired) electrons. The second kappa shape index (κ2) is 6.51. The van der Waals surface area contributed by atoms with Crippen LogP contribution in [0.2, 0.25) is 0 Å². The van der Waals surface area contributed by atoms with E-state index >= 15 is 0 Å². The lowest BCUT2D eigenvalue weighted by atomic mass is 10.3. The molecule has 1 saturated carbocycles. The zero-order chi connectivity index (χ0) is 16.3. The minimum atomic E-state index is -4.49. The third-order valence-corrected chi connectivity index (χ3v) is 3.27. The van der Waals surface area contributed by atoms with Gasteiger partial charge in [-0.25, -0.2) is 0 Å². The maximum Gasteiger partial charge on any atom is 0.435 e. The van der Waals surface area contributed by atoms with E-state index in [4.69, 9.17) is 12.2 Å². The monoisotopic (exact) mass is 335 g/mol. The third kappa shape index (κ3) is 4.86. The van der Waals surface area contributed by atoms with Gasteiger partial charge in [-0.2, -0.15) is 18.3 Å². The number of carbonyl (C=O) groups is 1. The molecule has 1 aliphatic carbocycles. The highest BCUT2D eigenvalue weighted by molar-refractivity contribution is 7.80. The number of halogens is 3. The molecule has 122 valence electrons. The van der Waals surface area contributed by atoms with E-state index in [-0.39, 0.29) is 18.9 Å². The van der Waals surface area contributed by atoms with Gasteiger partial charge in [-0.05, 0) is 38.0 Å². The number of nitrogens with one attached hydrogen (secondary N) is 3. The number of alkyl halides is 3. The van der Waals surface area contributed by atoms with Gasteiger partial charge in [0.1, 0.15) is 0 Å². The van der Waals surface area contributed by atoms with E-state index in [1.807, 2.05) is 0 Å². The van der Waals surface area contributed by atoms with Gasteiger partial charge in [-0.3, -0.25) is 20.3 Å². The lowest BCUT2D eigenvalue weighted by Gasteiger charge is -2.11. The number of thiocarbonyl (C=S) groups is 1. The zero-order valence-corrected chi connectivity index (χ0v) is 12.6. The van der Waals surface area contributed by atoms with E-state index in [0.29, 0.717) is 16.8 Å². The van der Waals surface area contributed by atoms with Gasteiger partial charge < -0.3 is 5.32 Å². The Morgan fingerprint density at radius 2 is 2.14 bits per heavy atom. The minimum absolute atomic E-state index is 0.0150. The number of hydrogen-bond donors (Lipinski definition) is 3. The van der Waals surface area contributed by atoms with Crippen molar-refractivity contribution in [3.8, 4) is 0 Å². The number of nitrogens with zero attached hydrogens (tertiary/aromatic N) is 2. The number of aromatic nitrogens is 2. The van der Waals surface area contributed by atoms with Gasteiger partial charge in [0.25, 0.3) is 0 Å². The van der Waals surface area contributed by atoms with Crippen LogP contribution >= 0.6 is 12.2 Å². The number of amides is 1. The quantitative estimate of drug-likeness (QED) is 0.571. The van der Waals surface area contributed by atoms with Crippen molar-refractivity contribution in [2.75, 3.05) is 0 Å². The molecule has 10 heteroatoms. The van der Waals surface area contributed by atoms with E-state index in [1.54, 1.807) is 0 Å². The summed E-state index contributed by atoms with van der Waals surface area (Å²) in [6.45, 7) is 1.56. The molecule has 0 aromatic carbocycles. The first kappa shape index (κ1) is 16.5. The average molecular weight is 335 g/mol. The molecule has 1 amide bonds. The number of aryl methyl sites for hydroxylation is 2. The average Bonchev–Trinajstić information content (AvgIpc) is 3.14. The van der Waals surface area contributed by atoms with Gasteiger partial charge in [0.05, 0.1) is 6.54 Å². The zero-order valence-electron chi connectivity index (χ0n) is 11.8. The Hall–Kier alpha value is -1.84. The maximum atomic E-state index is 12.5. The molecule has 1 fully saturated rings. The van der Waals surface area contributed by atoms with Crippen LogP contribution in [0.15, 0.2) is 6.07 Å². The Morgan fingerprint density at radius 3 is 2.68 bits per heavy atom. The second-order valence-corrected chi connectivity index (χ2v) is 5.47. The molecule has 1 heterocycles. The van der Waals surface area contributed by atoms with Crippen molar-refractivity contribution < 1.29 is 18.0 Å². The molecule has 6 nitrogen and oxygen atoms in total. The van der Waals surface area contributed by atoms with Gasteiger partial charge in [0.2, 0.25) is 5.91 Å². The lowest BCUT2D eigenvalue weighted by molar-refractivity contribution is -0.141. The van der Waals surface area contributed by atoms with Crippen molar-refractivity contribution in [1.82, 2.24) is 25.9 Å². The van der Waals surface area contributed by atoms with Crippen molar-refractivity contribution in [2.24, 2.45) is 0 Å². The largest absolute Gasteiger partial charge is 0.435 e. The Bertz CT molecular complexity index is 568. The molecular weight excluding hydrogens is 319 g/mol. The Labute approximate surface area is 130 Å². The summed E-state index contributed by atoms with van der Waals surface area (Å²) in [4.78, 5) is 11.6. The van der Waals surface area contributed by atoms with Crippen LogP contribution in [0.25, 0.3) is 0 Å². The van der Waals surface area contributed by atoms with E-state index in [1.165, 1.54) is 6.92 Å². The molecule has 0 atom stereocenters. The van der Waals surface area contributed by atoms with Gasteiger partial charge >= 0.3 is 6.18 Å². The topological polar surface area (TPSA) is 71.0 Å². The number of carbonyl (C=O) groups excluding carboxylic acids is 1. The van der Waals surface area contributed by atoms with Crippen molar-refractivity contribution >= 4 is 23.2 Å². The standard InChI is InChI=1S/C12H16F3N5OS/c1-7-6-9(12(13,14)15)19-20(7)5-4-10(21)17-18-11(22)16-8-2-3-8/h6,8H,2-5H2,1H3,(H,17,21)(H2,16,18,22). The molecular formula is C12H16F3N5OS. The summed E-state index contributed by atoms with van der Waals surface area (Å²) >= 11 is 4.95. The maximum absolute atomic E-state index is 12.5. The Balaban J connectivity index is 1.75. The first-order valence-corrected chi connectivity index (χ1v) is 7.13. The number of rotatable bonds is 4. The second-order valence-electron chi connectivity index (χ2n) is 5.06. The summed E-state index contributed by atoms with van der Waals surface area (Å²) in [6.07, 6.45) is -2.40. The molecule has 1 aromatic heterocycles. The summed E-state index contributed by atoms with van der Waals surface area (Å²) in [5.41, 5.74) is 4.32. The number of hydrogen-bond acceptors (Lipinski definition) is 3. The molecule has 22 heavy (non-hydrogen) atoms. The minimum Gasteiger partial charge on any atom is -0.359 e. The van der Waals surface area contributed by atoms with E-state index in [9.17, 15) is 18.0 Å². The van der Waals surface area contributed by atoms with Crippen LogP contribution < -0.4 is 16.2 Å². The molecule has 0 saturated heterocycles. The van der Waals surface area contributed by atoms with Gasteiger partial charge in [0, 0.05) is 18.2 Å². The molecule has 2 rings (SSSR count). The van der Waals surface area contributed by atoms with Gasteiger partial charge in [-0.15, -0.1) is 0 Å². The summed E-state index contributed by atoms with van der Waals surface area (Å²) in [5, 5.41) is 6.75. The van der Waals surface area contributed by atoms with Crippen molar-refractivity contribution in [3.63, 3.8) is 0 Å². The van der Waals surface area contributed by atoms with Crippen LogP contribution in [-0.4, -0.2) is 26.8 Å². The molecule has 1 aromatic rings. The summed E-state index contributed by atoms with van der Waals surface area (Å²) in [7, 11) is 0. The summed E-state index contributed by atoms with van der Waals surface area (Å²) in [5.74, 6) is -0.386. The highest BCUT2D eigenvalue weighted by Crippen LogP contribution is 2.28. The lowest BCUT2D eigenvalue weighted by Crippen LogP contribution is -2.47. The Kier molecular flexibility index (Phi) is 4.89. The van der Waals surface area contributed by atoms with Gasteiger partial charge in [0.15, 0.2) is 10.8 Å². The van der Waals surface area contributed by atoms with Crippen LogP contribution in [0.4, 0.5) is 13.2 Å². The van der Waals surface area contributed by atoms with E-state index in [0.717, 1.165) is 23.6 Å². The third-order valence-electron chi connectivity index (χ3n) is 3.05. The first-order valence-electron chi connectivity index (χ1n) is 6.72. The fourth-order valence-corrected chi connectivity index (χ4v) is 1.94. The van der Waals surface area contributed by atoms with Crippen molar-refractivity contribution in [3.05, 3.63) is 17.5 Å². The normalized spacial score (nSPS) is 14.5. The van der Waals surface area contributed by atoms with Crippen molar-refractivity contribution in [1.29, 1.82) is 0 Å². The molecule has 0 spiro atoms. The molecule has 1 aliphatic rings. The fourth-order valence-electron chi connectivity index (χ4n) is 1.72. The molecule has 3 N–H and O–H groups in total. The van der Waals surface area contributed by atoms with Crippen molar-refractivity contribution in [2.45, 2.75) is 44.9 Å². The summed E-state index contributed by atoms with van der Waals surface area (Å²) < 4.78 is 38.7. The Morgan fingerprint density at radius 1 is 1.45 bits per heavy atom. The van der Waals surface area contributed by atoms with Crippen LogP contribution in [-0.2, 0) is 17.5 Å². The predicted molar refractivity (Wildman–Crippen MR) is 76.6 cm³/mol. The smallest absolute Gasteiger partial charge is 0.359 e. The van der Waals surface area contributed by atoms with Gasteiger partial charge in [-0.1, -0.05) is 0 Å². The molecule has 0 bridgehead atoms. The van der Waals surface area contributed by atoms with Crippen LogP contribution in [0.5, 0.6) is 0 Å².